The van der Waals surface area contributed by atoms with Crippen molar-refractivity contribution in [1.29, 1.82) is 0 Å². The van der Waals surface area contributed by atoms with Crippen LogP contribution in [0.4, 0.5) is 4.39 Å². The molecule has 2 aliphatic rings. The standard InChI is InChI=1S/C17H22ClFN2O/c18-16-11-14(19)5-6-15(16)17(22)21-9-7-20(8-10-21)12-13-3-1-2-4-13/h5-6,11,13H,1-4,7-10,12H2. The number of hydrogen-bond acceptors (Lipinski definition) is 2. The fourth-order valence-electron chi connectivity index (χ4n) is 3.52. The molecule has 0 radical (unpaired) electrons. The quantitative estimate of drug-likeness (QED) is 0.850. The lowest BCUT2D eigenvalue weighted by Crippen LogP contribution is -2.49. The van der Waals surface area contributed by atoms with Gasteiger partial charge in [0.15, 0.2) is 0 Å². The van der Waals surface area contributed by atoms with E-state index in [1.54, 1.807) is 0 Å². The minimum absolute atomic E-state index is 0.0921. The van der Waals surface area contributed by atoms with E-state index in [4.69, 9.17) is 11.6 Å². The van der Waals surface area contributed by atoms with E-state index in [9.17, 15) is 9.18 Å². The molecule has 1 amide bonds. The first-order chi connectivity index (χ1) is 10.6. The van der Waals surface area contributed by atoms with Crippen molar-refractivity contribution in [2.24, 2.45) is 5.92 Å². The summed E-state index contributed by atoms with van der Waals surface area (Å²) in [5.74, 6) is 0.335. The van der Waals surface area contributed by atoms with E-state index < -0.39 is 5.82 Å². The van der Waals surface area contributed by atoms with Crippen LogP contribution in [0.2, 0.25) is 5.02 Å². The Kier molecular flexibility index (Phi) is 4.99. The predicted molar refractivity (Wildman–Crippen MR) is 85.7 cm³/mol. The van der Waals surface area contributed by atoms with Crippen LogP contribution in [0.5, 0.6) is 0 Å². The lowest BCUT2D eigenvalue weighted by molar-refractivity contribution is 0.0618. The van der Waals surface area contributed by atoms with Crippen molar-refractivity contribution in [3.05, 3.63) is 34.6 Å². The molecule has 1 aromatic carbocycles. The highest BCUT2D eigenvalue weighted by Gasteiger charge is 2.25. The van der Waals surface area contributed by atoms with E-state index in [1.807, 2.05) is 4.90 Å². The lowest BCUT2D eigenvalue weighted by Gasteiger charge is -2.36. The molecule has 2 fully saturated rings. The summed E-state index contributed by atoms with van der Waals surface area (Å²) < 4.78 is 13.1. The zero-order chi connectivity index (χ0) is 15.5. The maximum Gasteiger partial charge on any atom is 0.255 e. The van der Waals surface area contributed by atoms with Crippen molar-refractivity contribution >= 4 is 17.5 Å². The minimum atomic E-state index is -0.414. The van der Waals surface area contributed by atoms with Crippen LogP contribution in [0.3, 0.4) is 0 Å². The van der Waals surface area contributed by atoms with Crippen LogP contribution < -0.4 is 0 Å². The van der Waals surface area contributed by atoms with Gasteiger partial charge in [0, 0.05) is 32.7 Å². The maximum atomic E-state index is 13.1. The Balaban J connectivity index is 1.55. The van der Waals surface area contributed by atoms with Gasteiger partial charge in [0.1, 0.15) is 5.82 Å². The number of nitrogens with zero attached hydrogens (tertiary/aromatic N) is 2. The van der Waals surface area contributed by atoms with Crippen LogP contribution in [-0.2, 0) is 0 Å². The van der Waals surface area contributed by atoms with Gasteiger partial charge in [-0.3, -0.25) is 9.69 Å². The Bertz CT molecular complexity index is 537. The smallest absolute Gasteiger partial charge is 0.255 e. The van der Waals surface area contributed by atoms with Gasteiger partial charge >= 0.3 is 0 Å². The van der Waals surface area contributed by atoms with Gasteiger partial charge in [-0.1, -0.05) is 24.4 Å². The molecule has 1 aliphatic carbocycles. The molecule has 0 atom stereocenters. The average Bonchev–Trinajstić information content (AvgIpc) is 3.00. The van der Waals surface area contributed by atoms with Crippen molar-refractivity contribution in [3.8, 4) is 0 Å². The van der Waals surface area contributed by atoms with Crippen LogP contribution in [0.1, 0.15) is 36.0 Å². The molecule has 1 aromatic rings. The molecule has 1 heterocycles. The largest absolute Gasteiger partial charge is 0.336 e. The third-order valence-electron chi connectivity index (χ3n) is 4.81. The van der Waals surface area contributed by atoms with Crippen molar-refractivity contribution in [2.75, 3.05) is 32.7 Å². The SMILES string of the molecule is O=C(c1ccc(F)cc1Cl)N1CCN(CC2CCCC2)CC1. The second kappa shape index (κ2) is 6.97. The second-order valence-electron chi connectivity index (χ2n) is 6.37. The first-order valence-electron chi connectivity index (χ1n) is 8.10. The number of carbonyl (C=O) groups is 1. The molecule has 0 unspecified atom stereocenters. The number of halogens is 2. The number of benzene rings is 1. The topological polar surface area (TPSA) is 23.6 Å². The second-order valence-corrected chi connectivity index (χ2v) is 6.77. The normalized spacial score (nSPS) is 20.5. The molecule has 0 bridgehead atoms. The zero-order valence-electron chi connectivity index (χ0n) is 12.7. The molecule has 0 spiro atoms. The van der Waals surface area contributed by atoms with Gasteiger partial charge in [-0.2, -0.15) is 0 Å². The van der Waals surface area contributed by atoms with Crippen molar-refractivity contribution < 1.29 is 9.18 Å². The molecule has 1 saturated heterocycles. The highest BCUT2D eigenvalue weighted by Crippen LogP contribution is 2.26. The summed E-state index contributed by atoms with van der Waals surface area (Å²) in [7, 11) is 0. The molecule has 0 N–H and O–H groups in total. The van der Waals surface area contributed by atoms with E-state index in [1.165, 1.54) is 50.4 Å². The first kappa shape index (κ1) is 15.8. The van der Waals surface area contributed by atoms with Gasteiger partial charge in [0.25, 0.3) is 5.91 Å². The molecule has 3 rings (SSSR count). The highest BCUT2D eigenvalue weighted by atomic mass is 35.5. The Morgan fingerprint density at radius 1 is 1.18 bits per heavy atom. The molecule has 3 nitrogen and oxygen atoms in total. The monoisotopic (exact) mass is 324 g/mol. The molecule has 1 saturated carbocycles. The summed E-state index contributed by atoms with van der Waals surface area (Å²) >= 11 is 5.99. The van der Waals surface area contributed by atoms with Crippen LogP contribution in [-0.4, -0.2) is 48.4 Å². The Hall–Kier alpha value is -1.13. The number of hydrogen-bond donors (Lipinski definition) is 0. The molecular formula is C17H22ClFN2O. The van der Waals surface area contributed by atoms with Crippen molar-refractivity contribution in [2.45, 2.75) is 25.7 Å². The van der Waals surface area contributed by atoms with Crippen molar-refractivity contribution in [3.63, 3.8) is 0 Å². The zero-order valence-corrected chi connectivity index (χ0v) is 13.5. The minimum Gasteiger partial charge on any atom is -0.336 e. The Morgan fingerprint density at radius 3 is 2.50 bits per heavy atom. The first-order valence-corrected chi connectivity index (χ1v) is 8.48. The third-order valence-corrected chi connectivity index (χ3v) is 5.12. The number of amides is 1. The maximum absolute atomic E-state index is 13.1. The summed E-state index contributed by atoms with van der Waals surface area (Å²) in [6.45, 7) is 4.44. The van der Waals surface area contributed by atoms with E-state index >= 15 is 0 Å². The van der Waals surface area contributed by atoms with Crippen LogP contribution in [0.15, 0.2) is 18.2 Å². The van der Waals surface area contributed by atoms with Gasteiger partial charge in [-0.15, -0.1) is 0 Å². The Labute approximate surface area is 136 Å². The van der Waals surface area contributed by atoms with Gasteiger partial charge < -0.3 is 4.90 Å². The van der Waals surface area contributed by atoms with Crippen LogP contribution >= 0.6 is 11.6 Å². The number of carbonyl (C=O) groups excluding carboxylic acids is 1. The van der Waals surface area contributed by atoms with E-state index in [0.717, 1.165) is 32.1 Å². The molecule has 1 aliphatic heterocycles. The molecule has 120 valence electrons. The van der Waals surface area contributed by atoms with Gasteiger partial charge in [0.05, 0.1) is 10.6 Å². The summed E-state index contributed by atoms with van der Waals surface area (Å²) in [6.07, 6.45) is 5.44. The molecule has 5 heteroatoms. The van der Waals surface area contributed by atoms with Gasteiger partial charge in [-0.25, -0.2) is 4.39 Å². The van der Waals surface area contributed by atoms with Gasteiger partial charge in [0.2, 0.25) is 0 Å². The third kappa shape index (κ3) is 3.61. The van der Waals surface area contributed by atoms with Gasteiger partial charge in [-0.05, 0) is 37.0 Å². The van der Waals surface area contributed by atoms with Crippen LogP contribution in [0.25, 0.3) is 0 Å². The van der Waals surface area contributed by atoms with Crippen LogP contribution in [0, 0.1) is 11.7 Å². The van der Waals surface area contributed by atoms with E-state index in [2.05, 4.69) is 4.90 Å². The summed E-state index contributed by atoms with van der Waals surface area (Å²) in [4.78, 5) is 16.8. The number of piperazine rings is 1. The average molecular weight is 325 g/mol. The van der Waals surface area contributed by atoms with Crippen molar-refractivity contribution in [1.82, 2.24) is 9.80 Å². The summed E-state index contributed by atoms with van der Waals surface area (Å²) in [5.41, 5.74) is 0.396. The lowest BCUT2D eigenvalue weighted by atomic mass is 10.1. The molecular weight excluding hydrogens is 303 g/mol. The molecule has 0 aromatic heterocycles. The Morgan fingerprint density at radius 2 is 1.86 bits per heavy atom. The fraction of sp³-hybridized carbons (Fsp3) is 0.588. The molecule has 22 heavy (non-hydrogen) atoms. The number of rotatable bonds is 3. The predicted octanol–water partition coefficient (Wildman–Crippen LogP) is 3.43. The fourth-order valence-corrected chi connectivity index (χ4v) is 3.77. The highest BCUT2D eigenvalue weighted by molar-refractivity contribution is 6.33. The van der Waals surface area contributed by atoms with E-state index in [-0.39, 0.29) is 10.9 Å². The summed E-state index contributed by atoms with van der Waals surface area (Å²) in [6, 6.07) is 3.96. The summed E-state index contributed by atoms with van der Waals surface area (Å²) in [5, 5.41) is 0.193. The van der Waals surface area contributed by atoms with E-state index in [0.29, 0.717) is 5.56 Å².